The lowest BCUT2D eigenvalue weighted by Gasteiger charge is -2.61. The van der Waals surface area contributed by atoms with Gasteiger partial charge < -0.3 is 28.4 Å². The van der Waals surface area contributed by atoms with E-state index < -0.39 is 48.8 Å². The van der Waals surface area contributed by atoms with Crippen LogP contribution in [-0.4, -0.2) is 68.0 Å². The zero-order chi connectivity index (χ0) is 40.9. The summed E-state index contributed by atoms with van der Waals surface area (Å²) in [6.45, 7) is 10.9. The van der Waals surface area contributed by atoms with Gasteiger partial charge in [0.1, 0.15) is 25.1 Å². The molecular formula is C44H66O12. The second-order valence-electron chi connectivity index (χ2n) is 17.1. The normalized spacial score (nSPS) is 30.1. The first-order valence-corrected chi connectivity index (χ1v) is 21.0. The molecule has 4 aliphatic carbocycles. The minimum Gasteiger partial charge on any atom is -0.461 e. The second kappa shape index (κ2) is 21.2. The summed E-state index contributed by atoms with van der Waals surface area (Å²) in [6.07, 6.45) is 15.5. The van der Waals surface area contributed by atoms with Gasteiger partial charge in [0.25, 0.3) is 0 Å². The third-order valence-electron chi connectivity index (χ3n) is 13.3. The topological polar surface area (TPSA) is 158 Å². The van der Waals surface area contributed by atoms with E-state index in [-0.39, 0.29) is 61.7 Å². The molecule has 0 N–H and O–H groups in total. The summed E-state index contributed by atoms with van der Waals surface area (Å²) < 4.78 is 31.8. The van der Waals surface area contributed by atoms with Crippen molar-refractivity contribution in [2.24, 2.45) is 46.3 Å². The van der Waals surface area contributed by atoms with Crippen molar-refractivity contribution >= 4 is 35.8 Å². The number of ether oxygens (including phenoxy) is 6. The molecule has 0 aromatic rings. The van der Waals surface area contributed by atoms with E-state index >= 15 is 0 Å². The Morgan fingerprint density at radius 2 is 1.29 bits per heavy atom. The van der Waals surface area contributed by atoms with E-state index in [0.717, 1.165) is 64.2 Å². The van der Waals surface area contributed by atoms with E-state index in [1.54, 1.807) is 26.0 Å². The zero-order valence-corrected chi connectivity index (χ0v) is 34.6. The fourth-order valence-corrected chi connectivity index (χ4v) is 10.5. The summed E-state index contributed by atoms with van der Waals surface area (Å²) in [6, 6.07) is 0. The van der Waals surface area contributed by atoms with E-state index in [2.05, 4.69) is 13.8 Å². The van der Waals surface area contributed by atoms with Crippen LogP contribution in [0.4, 0.5) is 4.79 Å². The van der Waals surface area contributed by atoms with Gasteiger partial charge in [-0.25, -0.2) is 4.79 Å². The molecule has 0 radical (unpaired) electrons. The molecule has 0 spiro atoms. The van der Waals surface area contributed by atoms with Crippen LogP contribution in [0.25, 0.3) is 0 Å². The Kier molecular flexibility index (Phi) is 17.0. The molecule has 12 heteroatoms. The van der Waals surface area contributed by atoms with E-state index in [1.807, 2.05) is 26.0 Å². The van der Waals surface area contributed by atoms with Crippen LogP contribution < -0.4 is 0 Å². The molecule has 12 nitrogen and oxygen atoms in total. The fraction of sp³-hybridized carbons (Fsp3) is 0.773. The zero-order valence-electron chi connectivity index (χ0n) is 34.6. The largest absolute Gasteiger partial charge is 0.511 e. The van der Waals surface area contributed by atoms with Crippen LogP contribution >= 0.6 is 0 Å². The van der Waals surface area contributed by atoms with Crippen molar-refractivity contribution in [3.8, 4) is 0 Å². The van der Waals surface area contributed by atoms with Gasteiger partial charge in [-0.2, -0.15) is 0 Å². The number of fused-ring (bicyclic) bond motifs is 5. The monoisotopic (exact) mass is 786 g/mol. The highest BCUT2D eigenvalue weighted by molar-refractivity contribution is 5.79. The molecular weight excluding hydrogens is 720 g/mol. The lowest BCUT2D eigenvalue weighted by atomic mass is 9.44. The predicted octanol–water partition coefficient (Wildman–Crippen LogP) is 8.38. The Morgan fingerprint density at radius 1 is 0.679 bits per heavy atom. The van der Waals surface area contributed by atoms with Crippen molar-refractivity contribution in [2.45, 2.75) is 150 Å². The minimum absolute atomic E-state index is 0.0591. The SMILES string of the molecule is CC/C=C\CC(=O)OCC(COC(=O)C/C=C\CC)OC(=O)CC(C)CC(=O)OCOC(=O)O[C@@H]1CC[C@@]2(C)[C@@H](CC[C@@H]3[C@@H]2CC[C@]2(C)[C@@H](C(C)=O)CC[C@@H]32)C1. The summed E-state index contributed by atoms with van der Waals surface area (Å²) in [4.78, 5) is 74.5. The summed E-state index contributed by atoms with van der Waals surface area (Å²) in [7, 11) is 0. The van der Waals surface area contributed by atoms with Gasteiger partial charge in [0, 0.05) is 18.8 Å². The first kappa shape index (κ1) is 45.0. The van der Waals surface area contributed by atoms with E-state index in [4.69, 9.17) is 28.4 Å². The van der Waals surface area contributed by atoms with Gasteiger partial charge in [0.2, 0.25) is 6.79 Å². The number of hydrogen-bond acceptors (Lipinski definition) is 12. The second-order valence-corrected chi connectivity index (χ2v) is 17.1. The number of esters is 4. The quantitative estimate of drug-likeness (QED) is 0.0534. The Labute approximate surface area is 333 Å². The molecule has 4 fully saturated rings. The smallest absolute Gasteiger partial charge is 0.461 e. The van der Waals surface area contributed by atoms with Crippen molar-refractivity contribution < 1.29 is 57.2 Å². The number of hydrogen-bond donors (Lipinski definition) is 0. The number of allylic oxidation sites excluding steroid dienone is 2. The molecule has 0 saturated heterocycles. The standard InChI is InChI=1S/C44H66O12/c1-7-9-11-13-38(46)51-26-33(27-52-39(47)14-12-10-8-2)55-41(49)24-29(3)23-40(48)53-28-54-42(50)56-32-19-21-43(5)31(25-32)15-16-34-36-18-17-35(30(4)45)44(36,6)22-20-37(34)43/h9-12,29,31-37H,7-8,13-28H2,1-6H3/b11-9-,12-10-/t29?,31-,32+,34-,35+,36-,37-,43-,44+/m0/s1. The molecule has 0 heterocycles. The molecule has 4 saturated carbocycles. The fourth-order valence-electron chi connectivity index (χ4n) is 10.5. The molecule has 0 amide bonds. The Hall–Kier alpha value is -3.70. The summed E-state index contributed by atoms with van der Waals surface area (Å²) >= 11 is 0. The lowest BCUT2D eigenvalue weighted by molar-refractivity contribution is -0.167. The van der Waals surface area contributed by atoms with Crippen molar-refractivity contribution in [2.75, 3.05) is 20.0 Å². The molecule has 9 atom stereocenters. The Bertz CT molecular complexity index is 1400. The van der Waals surface area contributed by atoms with Crippen LogP contribution in [0.3, 0.4) is 0 Å². The molecule has 56 heavy (non-hydrogen) atoms. The van der Waals surface area contributed by atoms with Gasteiger partial charge in [-0.3, -0.25) is 24.0 Å². The van der Waals surface area contributed by atoms with Crippen LogP contribution in [0.2, 0.25) is 0 Å². The molecule has 0 bridgehead atoms. The number of rotatable bonds is 19. The van der Waals surface area contributed by atoms with Gasteiger partial charge in [0.15, 0.2) is 6.10 Å². The highest BCUT2D eigenvalue weighted by atomic mass is 16.8. The highest BCUT2D eigenvalue weighted by Crippen LogP contribution is 2.67. The molecule has 4 aliphatic rings. The average Bonchev–Trinajstić information content (AvgIpc) is 3.50. The number of carbonyl (C=O) groups is 6. The Morgan fingerprint density at radius 3 is 1.91 bits per heavy atom. The van der Waals surface area contributed by atoms with E-state index in [9.17, 15) is 28.8 Å². The van der Waals surface area contributed by atoms with Crippen LogP contribution in [0.15, 0.2) is 24.3 Å². The van der Waals surface area contributed by atoms with Gasteiger partial charge in [-0.05, 0) is 118 Å². The predicted molar refractivity (Wildman–Crippen MR) is 207 cm³/mol. The van der Waals surface area contributed by atoms with Gasteiger partial charge in [-0.1, -0.05) is 58.9 Å². The summed E-state index contributed by atoms with van der Waals surface area (Å²) in [5, 5.41) is 0. The molecule has 0 aromatic carbocycles. The van der Waals surface area contributed by atoms with E-state index in [1.165, 1.54) is 6.42 Å². The van der Waals surface area contributed by atoms with Gasteiger partial charge in [-0.15, -0.1) is 0 Å². The minimum atomic E-state index is -1.02. The Balaban J connectivity index is 1.15. The van der Waals surface area contributed by atoms with Crippen molar-refractivity contribution in [1.29, 1.82) is 0 Å². The number of carbonyl (C=O) groups excluding carboxylic acids is 6. The molecule has 4 rings (SSSR count). The van der Waals surface area contributed by atoms with Crippen molar-refractivity contribution in [3.05, 3.63) is 24.3 Å². The molecule has 0 aliphatic heterocycles. The van der Waals surface area contributed by atoms with Crippen molar-refractivity contribution in [1.82, 2.24) is 0 Å². The average molecular weight is 787 g/mol. The maximum Gasteiger partial charge on any atom is 0.511 e. The van der Waals surface area contributed by atoms with E-state index in [0.29, 0.717) is 29.5 Å². The van der Waals surface area contributed by atoms with Gasteiger partial charge in [0.05, 0.1) is 12.8 Å². The van der Waals surface area contributed by atoms with Crippen LogP contribution in [0, 0.1) is 46.3 Å². The first-order valence-electron chi connectivity index (χ1n) is 21.0. The third kappa shape index (κ3) is 12.2. The van der Waals surface area contributed by atoms with Crippen LogP contribution in [-0.2, 0) is 52.4 Å². The maximum atomic E-state index is 12.7. The van der Waals surface area contributed by atoms with Crippen LogP contribution in [0.1, 0.15) is 138 Å². The summed E-state index contributed by atoms with van der Waals surface area (Å²) in [5.41, 5.74) is 0.325. The van der Waals surface area contributed by atoms with Crippen LogP contribution in [0.5, 0.6) is 0 Å². The lowest BCUT2D eigenvalue weighted by Crippen LogP contribution is -2.54. The van der Waals surface area contributed by atoms with Crippen molar-refractivity contribution in [3.63, 3.8) is 0 Å². The van der Waals surface area contributed by atoms with Gasteiger partial charge >= 0.3 is 30.0 Å². The summed E-state index contributed by atoms with van der Waals surface area (Å²) in [5.74, 6) is 0.0728. The molecule has 0 aromatic heterocycles. The highest BCUT2D eigenvalue weighted by Gasteiger charge is 2.61. The number of ketones is 1. The third-order valence-corrected chi connectivity index (χ3v) is 13.3. The maximum absolute atomic E-state index is 12.7. The number of Topliss-reactive ketones (excluding diaryl/α,β-unsaturated/α-hetero) is 1. The molecule has 1 unspecified atom stereocenters. The first-order chi connectivity index (χ1) is 26.7. The molecule has 314 valence electrons.